The third-order valence-electron chi connectivity index (χ3n) is 7.98. The van der Waals surface area contributed by atoms with Gasteiger partial charge in [0.15, 0.2) is 0 Å². The molecular weight excluding hydrogens is 514 g/mol. The van der Waals surface area contributed by atoms with E-state index in [1.807, 2.05) is 46.7 Å². The van der Waals surface area contributed by atoms with Crippen LogP contribution in [0.25, 0.3) is 0 Å². The van der Waals surface area contributed by atoms with Gasteiger partial charge in [-0.05, 0) is 86.4 Å². The topological polar surface area (TPSA) is 122 Å². The quantitative estimate of drug-likeness (QED) is 0.152. The lowest BCUT2D eigenvalue weighted by atomic mass is 9.72. The summed E-state index contributed by atoms with van der Waals surface area (Å²) in [6, 6.07) is -0.177. The summed E-state index contributed by atoms with van der Waals surface area (Å²) < 4.78 is 10.6. The Balaban J connectivity index is 2.96. The van der Waals surface area contributed by atoms with Gasteiger partial charge in [0, 0.05) is 31.0 Å². The molecule has 0 aromatic heterocycles. The van der Waals surface area contributed by atoms with Gasteiger partial charge in [0.2, 0.25) is 11.8 Å². The summed E-state index contributed by atoms with van der Waals surface area (Å²) in [6.45, 7) is 10.9. The van der Waals surface area contributed by atoms with E-state index in [0.29, 0.717) is 45.2 Å². The van der Waals surface area contributed by atoms with Gasteiger partial charge in [-0.15, -0.1) is 0 Å². The first kappa shape index (κ1) is 35.5. The van der Waals surface area contributed by atoms with Gasteiger partial charge in [0.1, 0.15) is 25.4 Å². The van der Waals surface area contributed by atoms with Crippen molar-refractivity contribution in [3.8, 4) is 0 Å². The number of nitrogens with one attached hydrogen (secondary N) is 1. The molecule has 1 saturated heterocycles. The fourth-order valence-electron chi connectivity index (χ4n) is 5.05. The van der Waals surface area contributed by atoms with E-state index in [1.165, 1.54) is 6.92 Å². The van der Waals surface area contributed by atoms with E-state index in [-0.39, 0.29) is 43.3 Å². The van der Waals surface area contributed by atoms with Crippen molar-refractivity contribution in [2.24, 2.45) is 10.8 Å². The molecule has 1 N–H and O–H groups in total. The Morgan fingerprint density at radius 3 is 2.30 bits per heavy atom. The van der Waals surface area contributed by atoms with Crippen molar-refractivity contribution < 1.29 is 33.4 Å². The lowest BCUT2D eigenvalue weighted by Crippen LogP contribution is -2.45. The fourth-order valence-corrected chi connectivity index (χ4v) is 5.05. The molecule has 0 aromatic carbocycles. The summed E-state index contributed by atoms with van der Waals surface area (Å²) in [5.41, 5.74) is -1.62. The second-order valence-corrected chi connectivity index (χ2v) is 12.1. The molecular formula is C30H53N3O7. The summed E-state index contributed by atoms with van der Waals surface area (Å²) in [4.78, 5) is 66.1. The van der Waals surface area contributed by atoms with Crippen LogP contribution in [0.5, 0.6) is 0 Å². The van der Waals surface area contributed by atoms with Crippen molar-refractivity contribution in [3.05, 3.63) is 0 Å². The lowest BCUT2D eigenvalue weighted by Gasteiger charge is -2.37. The molecule has 40 heavy (non-hydrogen) atoms. The number of amides is 2. The fraction of sp³-hybridized carbons (Fsp3) is 0.833. The first-order valence-corrected chi connectivity index (χ1v) is 14.8. The zero-order valence-corrected chi connectivity index (χ0v) is 25.9. The number of nitrogens with zero attached hydrogens (tertiary/aromatic N) is 2. The number of esters is 2. The smallest absolute Gasteiger partial charge is 0.313 e. The maximum Gasteiger partial charge on any atom is 0.313 e. The molecule has 0 aliphatic carbocycles. The van der Waals surface area contributed by atoms with Gasteiger partial charge in [-0.2, -0.15) is 0 Å². The molecule has 3 atom stereocenters. The Hall–Kier alpha value is -2.49. The van der Waals surface area contributed by atoms with Crippen LogP contribution in [0.3, 0.4) is 0 Å². The van der Waals surface area contributed by atoms with Crippen LogP contribution in [0.4, 0.5) is 0 Å². The Morgan fingerprint density at radius 2 is 1.68 bits per heavy atom. The van der Waals surface area contributed by atoms with E-state index in [9.17, 15) is 24.0 Å². The highest BCUT2D eigenvalue weighted by Crippen LogP contribution is 2.39. The molecule has 0 aromatic rings. The van der Waals surface area contributed by atoms with Crippen LogP contribution in [-0.2, 0) is 33.4 Å². The van der Waals surface area contributed by atoms with Crippen molar-refractivity contribution >= 4 is 29.5 Å². The van der Waals surface area contributed by atoms with Gasteiger partial charge in [0.25, 0.3) is 0 Å². The summed E-state index contributed by atoms with van der Waals surface area (Å²) in [7, 11) is 3.99. The lowest BCUT2D eigenvalue weighted by molar-refractivity contribution is -0.162. The average molecular weight is 568 g/mol. The highest BCUT2D eigenvalue weighted by Gasteiger charge is 2.42. The molecule has 1 aliphatic heterocycles. The van der Waals surface area contributed by atoms with E-state index >= 15 is 0 Å². The molecule has 2 amide bonds. The standard InChI is InChI=1S/C30H53N3O7/c1-8-29(4,27(37)31-16-12-17-32(6)7)14-15-30(5,22-23(2)33-18-11-9-10-13-25(33)35)28(38)40-20-19-39-26(36)21-24(3)34/h23H,8-22H2,1-7H3,(H,31,37). The molecule has 1 heterocycles. The summed E-state index contributed by atoms with van der Waals surface area (Å²) >= 11 is 0. The third kappa shape index (κ3) is 12.4. The summed E-state index contributed by atoms with van der Waals surface area (Å²) in [5, 5.41) is 3.06. The van der Waals surface area contributed by atoms with Crippen molar-refractivity contribution in [1.82, 2.24) is 15.1 Å². The maximum absolute atomic E-state index is 13.5. The SMILES string of the molecule is CCC(C)(CCC(C)(CC(C)N1CCCCCC1=O)C(=O)OCCOC(=O)CC(C)=O)C(=O)NCCCN(C)C. The van der Waals surface area contributed by atoms with Gasteiger partial charge in [-0.1, -0.05) is 20.3 Å². The number of ether oxygens (including phenoxy) is 2. The number of rotatable bonds is 18. The van der Waals surface area contributed by atoms with Crippen LogP contribution in [0.15, 0.2) is 0 Å². The zero-order chi connectivity index (χ0) is 30.3. The minimum absolute atomic E-state index is 0.0300. The second kappa shape index (κ2) is 17.4. The minimum atomic E-state index is -0.961. The van der Waals surface area contributed by atoms with Crippen LogP contribution in [0.1, 0.15) is 98.8 Å². The van der Waals surface area contributed by atoms with Gasteiger partial charge in [-0.3, -0.25) is 24.0 Å². The third-order valence-corrected chi connectivity index (χ3v) is 7.98. The monoisotopic (exact) mass is 567 g/mol. The van der Waals surface area contributed by atoms with E-state index in [2.05, 4.69) is 10.2 Å². The molecule has 230 valence electrons. The van der Waals surface area contributed by atoms with Crippen molar-refractivity contribution in [2.75, 3.05) is 46.9 Å². The van der Waals surface area contributed by atoms with Crippen LogP contribution in [-0.4, -0.2) is 92.3 Å². The van der Waals surface area contributed by atoms with Crippen LogP contribution >= 0.6 is 0 Å². The second-order valence-electron chi connectivity index (χ2n) is 12.1. The number of ketones is 1. The molecule has 10 nitrogen and oxygen atoms in total. The normalized spacial score (nSPS) is 17.8. The number of hydrogen-bond donors (Lipinski definition) is 1. The van der Waals surface area contributed by atoms with Crippen molar-refractivity contribution in [1.29, 1.82) is 0 Å². The molecule has 1 rings (SSSR count). The van der Waals surface area contributed by atoms with Gasteiger partial charge >= 0.3 is 11.9 Å². The Kier molecular flexibility index (Phi) is 15.4. The molecule has 1 fully saturated rings. The molecule has 1 aliphatic rings. The van der Waals surface area contributed by atoms with E-state index in [1.54, 1.807) is 0 Å². The van der Waals surface area contributed by atoms with Gasteiger partial charge in [0.05, 0.1) is 5.41 Å². The van der Waals surface area contributed by atoms with Gasteiger partial charge in [-0.25, -0.2) is 0 Å². The Morgan fingerprint density at radius 1 is 1.02 bits per heavy atom. The Bertz CT molecular complexity index is 862. The van der Waals surface area contributed by atoms with Crippen molar-refractivity contribution in [2.45, 2.75) is 105 Å². The van der Waals surface area contributed by atoms with Gasteiger partial charge < -0.3 is 24.6 Å². The number of hydrogen-bond acceptors (Lipinski definition) is 8. The first-order valence-electron chi connectivity index (χ1n) is 14.8. The Labute approximate surface area is 240 Å². The maximum atomic E-state index is 13.5. The summed E-state index contributed by atoms with van der Waals surface area (Å²) in [6.07, 6.45) is 5.75. The predicted octanol–water partition coefficient (Wildman–Crippen LogP) is 3.50. The zero-order valence-electron chi connectivity index (χ0n) is 25.9. The minimum Gasteiger partial charge on any atom is -0.462 e. The molecule has 0 bridgehead atoms. The molecule has 10 heteroatoms. The van der Waals surface area contributed by atoms with Crippen molar-refractivity contribution in [3.63, 3.8) is 0 Å². The van der Waals surface area contributed by atoms with Crippen LogP contribution in [0.2, 0.25) is 0 Å². The number of Topliss-reactive ketones (excluding diaryl/α,β-unsaturated/α-hetero) is 1. The van der Waals surface area contributed by atoms with E-state index in [0.717, 1.165) is 32.2 Å². The van der Waals surface area contributed by atoms with Crippen LogP contribution < -0.4 is 5.32 Å². The number of carbonyl (C=O) groups is 5. The predicted molar refractivity (Wildman–Crippen MR) is 153 cm³/mol. The highest BCUT2D eigenvalue weighted by molar-refractivity contribution is 5.94. The largest absolute Gasteiger partial charge is 0.462 e. The molecule has 3 unspecified atom stereocenters. The number of likely N-dealkylation sites (tertiary alicyclic amines) is 1. The first-order chi connectivity index (χ1) is 18.7. The summed E-state index contributed by atoms with van der Waals surface area (Å²) in [5.74, 6) is -1.33. The molecule has 0 spiro atoms. The molecule has 0 radical (unpaired) electrons. The average Bonchev–Trinajstić information content (AvgIpc) is 3.11. The number of carbonyl (C=O) groups excluding carboxylic acids is 5. The van der Waals surface area contributed by atoms with Crippen LogP contribution in [0, 0.1) is 10.8 Å². The van der Waals surface area contributed by atoms with E-state index in [4.69, 9.17) is 9.47 Å². The van der Waals surface area contributed by atoms with E-state index < -0.39 is 22.8 Å². The molecule has 0 saturated carbocycles. The highest BCUT2D eigenvalue weighted by atomic mass is 16.6.